The molecule has 1 amide bonds. The van der Waals surface area contributed by atoms with Gasteiger partial charge in [-0.1, -0.05) is 52.0 Å². The summed E-state index contributed by atoms with van der Waals surface area (Å²) in [4.78, 5) is 15.8. The van der Waals surface area contributed by atoms with E-state index >= 15 is 0 Å². The number of anilines is 1. The average Bonchev–Trinajstić information content (AvgIpc) is 2.86. The lowest BCUT2D eigenvalue weighted by molar-refractivity contribution is -0.115. The van der Waals surface area contributed by atoms with Crippen molar-refractivity contribution in [1.82, 2.24) is 4.98 Å². The van der Waals surface area contributed by atoms with Crippen molar-refractivity contribution in [2.75, 3.05) is 5.32 Å². The van der Waals surface area contributed by atoms with E-state index in [1.165, 1.54) is 16.9 Å². The fourth-order valence-corrected chi connectivity index (χ4v) is 2.55. The zero-order chi connectivity index (χ0) is 14.8. The van der Waals surface area contributed by atoms with Crippen LogP contribution in [0.25, 0.3) is 11.3 Å². The van der Waals surface area contributed by atoms with E-state index in [2.05, 4.69) is 55.3 Å². The van der Waals surface area contributed by atoms with Crippen LogP contribution >= 0.6 is 11.3 Å². The molecule has 0 aliphatic heterocycles. The first kappa shape index (κ1) is 14.7. The van der Waals surface area contributed by atoms with Crippen molar-refractivity contribution >= 4 is 22.4 Å². The number of carbonyl (C=O) groups excluding carboxylic acids is 1. The summed E-state index contributed by atoms with van der Waals surface area (Å²) in [6, 6.07) is 8.44. The summed E-state index contributed by atoms with van der Waals surface area (Å²) < 4.78 is 0. The zero-order valence-electron chi connectivity index (χ0n) is 12.4. The third-order valence-electron chi connectivity index (χ3n) is 3.12. The van der Waals surface area contributed by atoms with Crippen LogP contribution in [0.15, 0.2) is 29.6 Å². The Morgan fingerprint density at radius 3 is 2.45 bits per heavy atom. The minimum absolute atomic E-state index is 0.00557. The molecule has 20 heavy (non-hydrogen) atoms. The van der Waals surface area contributed by atoms with E-state index in [4.69, 9.17) is 0 Å². The van der Waals surface area contributed by atoms with E-state index in [0.29, 0.717) is 11.6 Å². The van der Waals surface area contributed by atoms with Gasteiger partial charge in [-0.3, -0.25) is 4.79 Å². The first-order chi connectivity index (χ1) is 9.40. The number of thiazole rings is 1. The van der Waals surface area contributed by atoms with E-state index in [9.17, 15) is 4.79 Å². The molecule has 0 bridgehead atoms. The van der Waals surface area contributed by atoms with Gasteiger partial charge in [0.15, 0.2) is 5.13 Å². The van der Waals surface area contributed by atoms with Gasteiger partial charge in [-0.25, -0.2) is 4.98 Å². The van der Waals surface area contributed by atoms with Crippen molar-refractivity contribution < 1.29 is 4.79 Å². The quantitative estimate of drug-likeness (QED) is 0.906. The second-order valence-electron chi connectivity index (χ2n) is 5.77. The SMILES string of the molecule is CCC(=O)Nc1nc(-c2ccc(C(C)(C)C)cc2)cs1. The molecule has 0 unspecified atom stereocenters. The second-order valence-corrected chi connectivity index (χ2v) is 6.63. The van der Waals surface area contributed by atoms with Gasteiger partial charge < -0.3 is 5.32 Å². The third kappa shape index (κ3) is 3.45. The normalized spacial score (nSPS) is 11.4. The number of hydrogen-bond donors (Lipinski definition) is 1. The van der Waals surface area contributed by atoms with Crippen LogP contribution < -0.4 is 5.32 Å². The molecule has 0 aliphatic rings. The minimum atomic E-state index is -0.00557. The van der Waals surface area contributed by atoms with Gasteiger partial charge in [0.2, 0.25) is 5.91 Å². The molecule has 0 saturated carbocycles. The highest BCUT2D eigenvalue weighted by molar-refractivity contribution is 7.14. The number of rotatable bonds is 3. The Labute approximate surface area is 124 Å². The lowest BCUT2D eigenvalue weighted by Gasteiger charge is -2.18. The molecule has 4 heteroatoms. The Kier molecular flexibility index (Phi) is 4.23. The number of nitrogens with zero attached hydrogens (tertiary/aromatic N) is 1. The third-order valence-corrected chi connectivity index (χ3v) is 3.88. The van der Waals surface area contributed by atoms with Crippen molar-refractivity contribution in [3.05, 3.63) is 35.2 Å². The Hall–Kier alpha value is -1.68. The molecule has 0 radical (unpaired) electrons. The van der Waals surface area contributed by atoms with Crippen LogP contribution in [0.5, 0.6) is 0 Å². The van der Waals surface area contributed by atoms with Gasteiger partial charge in [0.25, 0.3) is 0 Å². The standard InChI is InChI=1S/C16H20N2OS/c1-5-14(19)18-15-17-13(10-20-15)11-6-8-12(9-7-11)16(2,3)4/h6-10H,5H2,1-4H3,(H,17,18,19). The van der Waals surface area contributed by atoms with Gasteiger partial charge in [0.1, 0.15) is 0 Å². The van der Waals surface area contributed by atoms with Crippen LogP contribution in [0.2, 0.25) is 0 Å². The van der Waals surface area contributed by atoms with Gasteiger partial charge in [-0.05, 0) is 11.0 Å². The molecule has 1 heterocycles. The van der Waals surface area contributed by atoms with Gasteiger partial charge in [0, 0.05) is 17.4 Å². The van der Waals surface area contributed by atoms with Crippen LogP contribution in [-0.2, 0) is 10.2 Å². The van der Waals surface area contributed by atoms with Crippen molar-refractivity contribution in [3.8, 4) is 11.3 Å². The smallest absolute Gasteiger partial charge is 0.225 e. The molecule has 1 N–H and O–H groups in total. The molecule has 1 aromatic carbocycles. The maximum atomic E-state index is 11.3. The van der Waals surface area contributed by atoms with E-state index in [-0.39, 0.29) is 11.3 Å². The molecule has 3 nitrogen and oxygen atoms in total. The Morgan fingerprint density at radius 2 is 1.90 bits per heavy atom. The number of benzene rings is 1. The number of nitrogens with one attached hydrogen (secondary N) is 1. The number of aromatic nitrogens is 1. The van der Waals surface area contributed by atoms with E-state index < -0.39 is 0 Å². The second kappa shape index (κ2) is 5.75. The van der Waals surface area contributed by atoms with Gasteiger partial charge in [0.05, 0.1) is 5.69 Å². The fraction of sp³-hybridized carbons (Fsp3) is 0.375. The monoisotopic (exact) mass is 288 g/mol. The Balaban J connectivity index is 2.18. The van der Waals surface area contributed by atoms with Gasteiger partial charge in [-0.2, -0.15) is 0 Å². The average molecular weight is 288 g/mol. The summed E-state index contributed by atoms with van der Waals surface area (Å²) in [6.07, 6.45) is 0.467. The molecular weight excluding hydrogens is 268 g/mol. The first-order valence-corrected chi connectivity index (χ1v) is 7.64. The summed E-state index contributed by atoms with van der Waals surface area (Å²) in [5.41, 5.74) is 3.44. The molecule has 106 valence electrons. The lowest BCUT2D eigenvalue weighted by Crippen LogP contribution is -2.10. The molecule has 0 fully saturated rings. The molecular formula is C16H20N2OS. The number of hydrogen-bond acceptors (Lipinski definition) is 3. The van der Waals surface area contributed by atoms with Crippen molar-refractivity contribution in [1.29, 1.82) is 0 Å². The summed E-state index contributed by atoms with van der Waals surface area (Å²) in [7, 11) is 0. The van der Waals surface area contributed by atoms with Crippen LogP contribution in [0, 0.1) is 0 Å². The number of carbonyl (C=O) groups is 1. The maximum Gasteiger partial charge on any atom is 0.225 e. The fourth-order valence-electron chi connectivity index (χ4n) is 1.81. The molecule has 1 aromatic heterocycles. The summed E-state index contributed by atoms with van der Waals surface area (Å²) >= 11 is 1.45. The van der Waals surface area contributed by atoms with Gasteiger partial charge in [-0.15, -0.1) is 11.3 Å². The highest BCUT2D eigenvalue weighted by atomic mass is 32.1. The van der Waals surface area contributed by atoms with E-state index in [1.807, 2.05) is 12.3 Å². The highest BCUT2D eigenvalue weighted by Gasteiger charge is 2.13. The van der Waals surface area contributed by atoms with Crippen LogP contribution in [0.3, 0.4) is 0 Å². The van der Waals surface area contributed by atoms with Gasteiger partial charge >= 0.3 is 0 Å². The highest BCUT2D eigenvalue weighted by Crippen LogP contribution is 2.28. The van der Waals surface area contributed by atoms with E-state index in [0.717, 1.165) is 11.3 Å². The minimum Gasteiger partial charge on any atom is -0.302 e. The van der Waals surface area contributed by atoms with Crippen molar-refractivity contribution in [3.63, 3.8) is 0 Å². The largest absolute Gasteiger partial charge is 0.302 e. The van der Waals surface area contributed by atoms with Crippen LogP contribution in [0.1, 0.15) is 39.7 Å². The maximum absolute atomic E-state index is 11.3. The predicted molar refractivity (Wildman–Crippen MR) is 85.2 cm³/mol. The molecule has 2 aromatic rings. The number of amides is 1. The Morgan fingerprint density at radius 1 is 1.25 bits per heavy atom. The summed E-state index contributed by atoms with van der Waals surface area (Å²) in [5.74, 6) is -0.00557. The lowest BCUT2D eigenvalue weighted by atomic mass is 9.86. The summed E-state index contributed by atoms with van der Waals surface area (Å²) in [6.45, 7) is 8.42. The molecule has 0 spiro atoms. The molecule has 0 aliphatic carbocycles. The van der Waals surface area contributed by atoms with Crippen LogP contribution in [0.4, 0.5) is 5.13 Å². The first-order valence-electron chi connectivity index (χ1n) is 6.76. The zero-order valence-corrected chi connectivity index (χ0v) is 13.2. The summed E-state index contributed by atoms with van der Waals surface area (Å²) in [5, 5.41) is 5.41. The molecule has 0 saturated heterocycles. The Bertz CT molecular complexity index is 594. The van der Waals surface area contributed by atoms with Crippen LogP contribution in [-0.4, -0.2) is 10.9 Å². The molecule has 2 rings (SSSR count). The predicted octanol–water partition coefficient (Wildman–Crippen LogP) is 4.46. The topological polar surface area (TPSA) is 42.0 Å². The molecule has 0 atom stereocenters. The van der Waals surface area contributed by atoms with E-state index in [1.54, 1.807) is 0 Å². The van der Waals surface area contributed by atoms with Crippen molar-refractivity contribution in [2.45, 2.75) is 39.5 Å². The van der Waals surface area contributed by atoms with Crippen molar-refractivity contribution in [2.24, 2.45) is 0 Å².